The van der Waals surface area contributed by atoms with Crippen LogP contribution >= 0.6 is 0 Å². The van der Waals surface area contributed by atoms with Crippen molar-refractivity contribution in [2.75, 3.05) is 13.2 Å². The van der Waals surface area contributed by atoms with E-state index in [9.17, 15) is 4.79 Å². The molecule has 4 heteroatoms. The van der Waals surface area contributed by atoms with Crippen molar-refractivity contribution in [2.45, 2.75) is 32.5 Å². The van der Waals surface area contributed by atoms with E-state index < -0.39 is 11.8 Å². The van der Waals surface area contributed by atoms with Gasteiger partial charge in [0.15, 0.2) is 0 Å². The van der Waals surface area contributed by atoms with Gasteiger partial charge in [-0.3, -0.25) is 0 Å². The van der Waals surface area contributed by atoms with Crippen LogP contribution in [0.15, 0.2) is 12.2 Å². The lowest BCUT2D eigenvalue weighted by atomic mass is 10.2. The molecular weight excluding hydrogens is 184 g/mol. The van der Waals surface area contributed by atoms with Crippen molar-refractivity contribution in [1.82, 2.24) is 0 Å². The summed E-state index contributed by atoms with van der Waals surface area (Å²) in [6.45, 7) is 6.36. The minimum absolute atomic E-state index is 0.321. The Morgan fingerprint density at radius 2 is 2.21 bits per heavy atom. The molecule has 0 fully saturated rings. The zero-order valence-electron chi connectivity index (χ0n) is 8.78. The average Bonchev–Trinajstić information content (AvgIpc) is 2.02. The molecule has 0 saturated heterocycles. The number of hydrogen-bond donors (Lipinski definition) is 0. The standard InChI is InChI=1S/C10H16O4/c1-10(2,3)14-9(11)13-8-5-4-6-12-7-8/h4-5,8H,6-7H2,1-3H3/t8-/m1/s1. The molecule has 0 aliphatic carbocycles. The minimum atomic E-state index is -0.655. The maximum atomic E-state index is 11.2. The lowest BCUT2D eigenvalue weighted by Gasteiger charge is -2.22. The molecule has 0 unspecified atom stereocenters. The van der Waals surface area contributed by atoms with Crippen molar-refractivity contribution in [3.63, 3.8) is 0 Å². The highest BCUT2D eigenvalue weighted by atomic mass is 16.7. The van der Waals surface area contributed by atoms with Gasteiger partial charge in [-0.15, -0.1) is 0 Å². The van der Waals surface area contributed by atoms with Crippen LogP contribution in [0, 0.1) is 0 Å². The van der Waals surface area contributed by atoms with E-state index >= 15 is 0 Å². The van der Waals surface area contributed by atoms with Crippen molar-refractivity contribution in [2.24, 2.45) is 0 Å². The van der Waals surface area contributed by atoms with Gasteiger partial charge in [-0.25, -0.2) is 4.79 Å². The summed E-state index contributed by atoms with van der Waals surface area (Å²) in [6, 6.07) is 0. The summed E-state index contributed by atoms with van der Waals surface area (Å²) in [6.07, 6.45) is 2.64. The van der Waals surface area contributed by atoms with E-state index in [2.05, 4.69) is 0 Å². The van der Waals surface area contributed by atoms with Gasteiger partial charge < -0.3 is 14.2 Å². The molecule has 4 nitrogen and oxygen atoms in total. The molecule has 14 heavy (non-hydrogen) atoms. The van der Waals surface area contributed by atoms with E-state index in [1.54, 1.807) is 26.8 Å². The summed E-state index contributed by atoms with van der Waals surface area (Å²) in [4.78, 5) is 11.2. The summed E-state index contributed by atoms with van der Waals surface area (Å²) < 4.78 is 15.1. The molecular formula is C10H16O4. The maximum absolute atomic E-state index is 11.2. The fourth-order valence-corrected chi connectivity index (χ4v) is 0.986. The third-order valence-electron chi connectivity index (χ3n) is 1.48. The summed E-state index contributed by atoms with van der Waals surface area (Å²) in [5, 5.41) is 0. The van der Waals surface area contributed by atoms with Crippen LogP contribution in [-0.4, -0.2) is 31.1 Å². The highest BCUT2D eigenvalue weighted by Crippen LogP contribution is 2.10. The lowest BCUT2D eigenvalue weighted by molar-refractivity contribution is -0.0365. The van der Waals surface area contributed by atoms with Crippen LogP contribution in [0.4, 0.5) is 4.79 Å². The van der Waals surface area contributed by atoms with Crippen LogP contribution in [0.5, 0.6) is 0 Å². The Morgan fingerprint density at radius 1 is 1.50 bits per heavy atom. The molecule has 1 atom stereocenters. The molecule has 0 saturated carbocycles. The Morgan fingerprint density at radius 3 is 2.71 bits per heavy atom. The topological polar surface area (TPSA) is 44.8 Å². The van der Waals surface area contributed by atoms with Crippen LogP contribution in [0.2, 0.25) is 0 Å². The smallest absolute Gasteiger partial charge is 0.429 e. The van der Waals surface area contributed by atoms with E-state index in [1.807, 2.05) is 6.08 Å². The second-order valence-electron chi connectivity index (χ2n) is 4.09. The Hall–Kier alpha value is -1.03. The van der Waals surface area contributed by atoms with E-state index in [0.717, 1.165) is 0 Å². The first kappa shape index (κ1) is 11.0. The van der Waals surface area contributed by atoms with Gasteiger partial charge in [0.1, 0.15) is 11.7 Å². The van der Waals surface area contributed by atoms with Gasteiger partial charge in [0.25, 0.3) is 0 Å². The second-order valence-corrected chi connectivity index (χ2v) is 4.09. The lowest BCUT2D eigenvalue weighted by Crippen LogP contribution is -2.30. The van der Waals surface area contributed by atoms with Gasteiger partial charge in [0.2, 0.25) is 0 Å². The monoisotopic (exact) mass is 200 g/mol. The largest absolute Gasteiger partial charge is 0.509 e. The maximum Gasteiger partial charge on any atom is 0.509 e. The Balaban J connectivity index is 2.33. The quantitative estimate of drug-likeness (QED) is 0.479. The average molecular weight is 200 g/mol. The van der Waals surface area contributed by atoms with E-state index in [-0.39, 0.29) is 6.10 Å². The van der Waals surface area contributed by atoms with Gasteiger partial charge >= 0.3 is 6.16 Å². The number of rotatable bonds is 1. The second kappa shape index (κ2) is 4.46. The molecule has 0 aromatic carbocycles. The third-order valence-corrected chi connectivity index (χ3v) is 1.48. The number of hydrogen-bond acceptors (Lipinski definition) is 4. The number of carbonyl (C=O) groups is 1. The normalized spacial score (nSPS) is 21.8. The van der Waals surface area contributed by atoms with E-state index in [1.165, 1.54) is 0 Å². The van der Waals surface area contributed by atoms with Crippen molar-refractivity contribution < 1.29 is 19.0 Å². The van der Waals surface area contributed by atoms with E-state index in [4.69, 9.17) is 14.2 Å². The first-order valence-electron chi connectivity index (χ1n) is 4.61. The molecule has 0 bridgehead atoms. The van der Waals surface area contributed by atoms with Crippen LogP contribution in [0.1, 0.15) is 20.8 Å². The summed E-state index contributed by atoms with van der Waals surface area (Å²) in [5.41, 5.74) is -0.518. The molecule has 0 N–H and O–H groups in total. The highest BCUT2D eigenvalue weighted by Gasteiger charge is 2.21. The predicted molar refractivity (Wildman–Crippen MR) is 51.1 cm³/mol. The van der Waals surface area contributed by atoms with Crippen molar-refractivity contribution >= 4 is 6.16 Å². The minimum Gasteiger partial charge on any atom is -0.429 e. The number of carbonyl (C=O) groups excluding carboxylic acids is 1. The van der Waals surface area contributed by atoms with Gasteiger partial charge in [0, 0.05) is 0 Å². The molecule has 1 aliphatic rings. The Bertz CT molecular complexity index is 227. The fourth-order valence-electron chi connectivity index (χ4n) is 0.986. The van der Waals surface area contributed by atoms with Crippen LogP contribution in [0.3, 0.4) is 0 Å². The molecule has 0 spiro atoms. The van der Waals surface area contributed by atoms with Crippen molar-refractivity contribution in [3.8, 4) is 0 Å². The van der Waals surface area contributed by atoms with Crippen LogP contribution < -0.4 is 0 Å². The Labute approximate surface area is 83.8 Å². The third kappa shape index (κ3) is 4.28. The van der Waals surface area contributed by atoms with Gasteiger partial charge in [-0.2, -0.15) is 0 Å². The van der Waals surface area contributed by atoms with Crippen LogP contribution in [-0.2, 0) is 14.2 Å². The van der Waals surface area contributed by atoms with Crippen molar-refractivity contribution in [3.05, 3.63) is 12.2 Å². The van der Waals surface area contributed by atoms with Gasteiger partial charge in [0.05, 0.1) is 13.2 Å². The summed E-state index contributed by atoms with van der Waals surface area (Å²) >= 11 is 0. The van der Waals surface area contributed by atoms with E-state index in [0.29, 0.717) is 13.2 Å². The molecule has 0 amide bonds. The predicted octanol–water partition coefficient (Wildman–Crippen LogP) is 1.89. The first-order chi connectivity index (χ1) is 6.47. The van der Waals surface area contributed by atoms with Gasteiger partial charge in [-0.05, 0) is 26.8 Å². The summed E-state index contributed by atoms with van der Waals surface area (Å²) in [5.74, 6) is 0. The molecule has 0 aromatic rings. The SMILES string of the molecule is CC(C)(C)OC(=O)O[C@@H]1C=CCOC1. The van der Waals surface area contributed by atoms with Crippen molar-refractivity contribution in [1.29, 1.82) is 0 Å². The molecule has 1 aliphatic heterocycles. The van der Waals surface area contributed by atoms with Gasteiger partial charge in [-0.1, -0.05) is 6.08 Å². The molecule has 0 radical (unpaired) electrons. The molecule has 1 heterocycles. The molecule has 80 valence electrons. The highest BCUT2D eigenvalue weighted by molar-refractivity contribution is 5.61. The fraction of sp³-hybridized carbons (Fsp3) is 0.700. The molecule has 1 rings (SSSR count). The zero-order chi connectivity index (χ0) is 10.6. The molecule has 0 aromatic heterocycles. The van der Waals surface area contributed by atoms with Crippen LogP contribution in [0.25, 0.3) is 0 Å². The number of ether oxygens (including phenoxy) is 3. The Kier molecular flexibility index (Phi) is 3.52. The summed E-state index contributed by atoms with van der Waals surface area (Å²) in [7, 11) is 0. The first-order valence-corrected chi connectivity index (χ1v) is 4.61. The zero-order valence-corrected chi connectivity index (χ0v) is 8.78.